The summed E-state index contributed by atoms with van der Waals surface area (Å²) in [4.78, 5) is 39.5. The minimum atomic E-state index is -1.12. The third-order valence-corrected chi connectivity index (χ3v) is 5.04. The molecule has 1 fully saturated rings. The number of amides is 1. The Balaban J connectivity index is 1.88. The van der Waals surface area contributed by atoms with Crippen LogP contribution in [0.2, 0.25) is 0 Å². The summed E-state index contributed by atoms with van der Waals surface area (Å²) in [5.74, 6) is -2.24. The summed E-state index contributed by atoms with van der Waals surface area (Å²) >= 11 is 1.05. The molecule has 0 saturated carbocycles. The van der Waals surface area contributed by atoms with Gasteiger partial charge < -0.3 is 20.3 Å². The van der Waals surface area contributed by atoms with Crippen LogP contribution in [0.25, 0.3) is 6.08 Å². The standard InChI is InChI=1S/C21H18N2O6S/c1-2-15(20(27)28)29-16-10-6-3-7-12(16)11-17-18(24)23-21(30-17)22-14-9-5-4-8-13(14)19(25)26/h3-11,15H,2H2,1H3,(H,25,26)(H,27,28)(H,22,23,24)/b17-11-. The first-order valence-corrected chi connectivity index (χ1v) is 9.81. The number of benzene rings is 2. The van der Waals surface area contributed by atoms with Crippen molar-refractivity contribution in [2.24, 2.45) is 4.99 Å². The van der Waals surface area contributed by atoms with E-state index >= 15 is 0 Å². The number of amidine groups is 1. The maximum atomic E-state index is 12.4. The summed E-state index contributed by atoms with van der Waals surface area (Å²) in [6.07, 6.45) is 0.865. The Hall–Kier alpha value is -3.59. The van der Waals surface area contributed by atoms with E-state index in [1.165, 1.54) is 6.07 Å². The minimum absolute atomic E-state index is 0.0234. The van der Waals surface area contributed by atoms with E-state index in [2.05, 4.69) is 10.3 Å². The summed E-state index contributed by atoms with van der Waals surface area (Å²) in [5, 5.41) is 21.3. The van der Waals surface area contributed by atoms with Gasteiger partial charge in [0.2, 0.25) is 0 Å². The van der Waals surface area contributed by atoms with Gasteiger partial charge in [0.15, 0.2) is 11.3 Å². The molecule has 1 aliphatic heterocycles. The molecule has 3 N–H and O–H groups in total. The van der Waals surface area contributed by atoms with Gasteiger partial charge >= 0.3 is 11.9 Å². The molecule has 1 atom stereocenters. The Morgan fingerprint density at radius 1 is 1.17 bits per heavy atom. The van der Waals surface area contributed by atoms with Gasteiger partial charge in [-0.3, -0.25) is 4.79 Å². The summed E-state index contributed by atoms with van der Waals surface area (Å²) in [5.41, 5.74) is 0.794. The number of aromatic carboxylic acids is 1. The number of carbonyl (C=O) groups excluding carboxylic acids is 1. The number of nitrogens with zero attached hydrogens (tertiary/aromatic N) is 1. The number of carboxylic acid groups (broad SMARTS) is 2. The molecule has 0 bridgehead atoms. The van der Waals surface area contributed by atoms with Crippen molar-refractivity contribution in [3.63, 3.8) is 0 Å². The molecule has 0 aliphatic carbocycles. The van der Waals surface area contributed by atoms with E-state index < -0.39 is 23.9 Å². The molecule has 3 rings (SSSR count). The largest absolute Gasteiger partial charge is 0.479 e. The highest BCUT2D eigenvalue weighted by molar-refractivity contribution is 8.18. The lowest BCUT2D eigenvalue weighted by molar-refractivity contribution is -0.145. The molecule has 2 aromatic rings. The van der Waals surface area contributed by atoms with Gasteiger partial charge in [-0.1, -0.05) is 37.3 Å². The Kier molecular flexibility index (Phi) is 6.53. The number of carbonyl (C=O) groups is 3. The molecular formula is C21H18N2O6S. The van der Waals surface area contributed by atoms with Crippen molar-refractivity contribution in [1.82, 2.24) is 5.32 Å². The van der Waals surface area contributed by atoms with Crippen LogP contribution < -0.4 is 10.1 Å². The minimum Gasteiger partial charge on any atom is -0.479 e. The van der Waals surface area contributed by atoms with Crippen LogP contribution in [0, 0.1) is 0 Å². The average molecular weight is 426 g/mol. The number of thioether (sulfide) groups is 1. The van der Waals surface area contributed by atoms with Gasteiger partial charge in [-0.05, 0) is 42.5 Å². The van der Waals surface area contributed by atoms with Crippen LogP contribution in [-0.4, -0.2) is 39.3 Å². The van der Waals surface area contributed by atoms with Crippen molar-refractivity contribution in [3.05, 3.63) is 64.6 Å². The number of rotatable bonds is 7. The second-order valence-electron chi connectivity index (χ2n) is 6.19. The first-order valence-electron chi connectivity index (χ1n) is 8.99. The summed E-state index contributed by atoms with van der Waals surface area (Å²) in [7, 11) is 0. The zero-order valence-electron chi connectivity index (χ0n) is 15.9. The Morgan fingerprint density at radius 3 is 2.57 bits per heavy atom. The average Bonchev–Trinajstić information content (AvgIpc) is 3.06. The number of para-hydroxylation sites is 2. The molecule has 1 amide bonds. The van der Waals surface area contributed by atoms with Gasteiger partial charge in [0, 0.05) is 5.56 Å². The lowest BCUT2D eigenvalue weighted by atomic mass is 10.1. The molecule has 8 nitrogen and oxygen atoms in total. The highest BCUT2D eigenvalue weighted by Crippen LogP contribution is 2.31. The SMILES string of the molecule is CCC(Oc1ccccc1/C=C1\SC(=Nc2ccccc2C(=O)O)NC1=O)C(=O)O. The first-order chi connectivity index (χ1) is 14.4. The molecule has 0 radical (unpaired) electrons. The van der Waals surface area contributed by atoms with Crippen molar-refractivity contribution >= 4 is 46.5 Å². The number of hydrogen-bond donors (Lipinski definition) is 3. The molecule has 1 aliphatic rings. The van der Waals surface area contributed by atoms with E-state index in [1.807, 2.05) is 0 Å². The van der Waals surface area contributed by atoms with Crippen LogP contribution in [0.5, 0.6) is 5.75 Å². The van der Waals surface area contributed by atoms with Crippen LogP contribution in [0.4, 0.5) is 5.69 Å². The first kappa shape index (κ1) is 21.1. The third kappa shape index (κ3) is 4.87. The molecule has 30 heavy (non-hydrogen) atoms. The fourth-order valence-electron chi connectivity index (χ4n) is 2.65. The van der Waals surface area contributed by atoms with Crippen molar-refractivity contribution < 1.29 is 29.3 Å². The lowest BCUT2D eigenvalue weighted by Crippen LogP contribution is -2.26. The maximum Gasteiger partial charge on any atom is 0.344 e. The number of carboxylic acids is 2. The molecular weight excluding hydrogens is 408 g/mol. The van der Waals surface area contributed by atoms with E-state index in [0.717, 1.165) is 11.8 Å². The number of aliphatic carboxylic acids is 1. The molecule has 0 aromatic heterocycles. The van der Waals surface area contributed by atoms with Gasteiger partial charge in [-0.2, -0.15) is 0 Å². The van der Waals surface area contributed by atoms with E-state index in [-0.39, 0.29) is 22.8 Å². The quantitative estimate of drug-likeness (QED) is 0.579. The monoisotopic (exact) mass is 426 g/mol. The molecule has 1 unspecified atom stereocenters. The second kappa shape index (κ2) is 9.27. The topological polar surface area (TPSA) is 125 Å². The predicted octanol–water partition coefficient (Wildman–Crippen LogP) is 3.52. The molecule has 154 valence electrons. The van der Waals surface area contributed by atoms with E-state index in [4.69, 9.17) is 4.74 Å². The van der Waals surface area contributed by atoms with E-state index in [0.29, 0.717) is 16.2 Å². The second-order valence-corrected chi connectivity index (χ2v) is 7.23. The lowest BCUT2D eigenvalue weighted by Gasteiger charge is -2.15. The van der Waals surface area contributed by atoms with Gasteiger partial charge in [0.1, 0.15) is 5.75 Å². The molecule has 1 heterocycles. The number of aliphatic imine (C=N–C) groups is 1. The van der Waals surface area contributed by atoms with Gasteiger partial charge in [0.05, 0.1) is 16.2 Å². The number of ether oxygens (including phenoxy) is 1. The fourth-order valence-corrected chi connectivity index (χ4v) is 3.48. The van der Waals surface area contributed by atoms with Crippen LogP contribution in [0.15, 0.2) is 58.4 Å². The normalized spacial score (nSPS) is 17.0. The van der Waals surface area contributed by atoms with Crippen molar-refractivity contribution in [3.8, 4) is 5.75 Å². The van der Waals surface area contributed by atoms with Crippen LogP contribution in [-0.2, 0) is 9.59 Å². The zero-order valence-corrected chi connectivity index (χ0v) is 16.7. The van der Waals surface area contributed by atoms with E-state index in [9.17, 15) is 24.6 Å². The molecule has 0 spiro atoms. The summed E-state index contributed by atoms with van der Waals surface area (Å²) in [6, 6.07) is 13.0. The summed E-state index contributed by atoms with van der Waals surface area (Å²) < 4.78 is 5.59. The van der Waals surface area contributed by atoms with Crippen LogP contribution >= 0.6 is 11.8 Å². The Labute approximate surface area is 176 Å². The molecule has 2 aromatic carbocycles. The number of hydrogen-bond acceptors (Lipinski definition) is 6. The number of nitrogens with one attached hydrogen (secondary N) is 1. The van der Waals surface area contributed by atoms with Gasteiger partial charge in [-0.15, -0.1) is 0 Å². The smallest absolute Gasteiger partial charge is 0.344 e. The Morgan fingerprint density at radius 2 is 1.87 bits per heavy atom. The maximum absolute atomic E-state index is 12.4. The zero-order chi connectivity index (χ0) is 21.7. The molecule has 1 saturated heterocycles. The van der Waals surface area contributed by atoms with Gasteiger partial charge in [0.25, 0.3) is 5.91 Å². The van der Waals surface area contributed by atoms with Crippen molar-refractivity contribution in [1.29, 1.82) is 0 Å². The summed E-state index contributed by atoms with van der Waals surface area (Å²) in [6.45, 7) is 1.71. The highest BCUT2D eigenvalue weighted by atomic mass is 32.2. The Bertz CT molecular complexity index is 1060. The van der Waals surface area contributed by atoms with Crippen LogP contribution in [0.1, 0.15) is 29.3 Å². The third-order valence-electron chi connectivity index (χ3n) is 4.13. The predicted molar refractivity (Wildman–Crippen MR) is 113 cm³/mol. The highest BCUT2D eigenvalue weighted by Gasteiger charge is 2.25. The van der Waals surface area contributed by atoms with Crippen molar-refractivity contribution in [2.45, 2.75) is 19.4 Å². The molecule has 9 heteroatoms. The van der Waals surface area contributed by atoms with E-state index in [1.54, 1.807) is 55.5 Å². The van der Waals surface area contributed by atoms with Crippen molar-refractivity contribution in [2.75, 3.05) is 0 Å². The van der Waals surface area contributed by atoms with Crippen LogP contribution in [0.3, 0.4) is 0 Å². The fraction of sp³-hybridized carbons (Fsp3) is 0.143. The van der Waals surface area contributed by atoms with Gasteiger partial charge in [-0.25, -0.2) is 14.6 Å².